The van der Waals surface area contributed by atoms with Crippen LogP contribution in [0.1, 0.15) is 28.9 Å². The molecule has 2 heterocycles. The van der Waals surface area contributed by atoms with Gasteiger partial charge >= 0.3 is 0 Å². The Bertz CT molecular complexity index is 1390. The van der Waals surface area contributed by atoms with E-state index in [9.17, 15) is 14.0 Å². The first kappa shape index (κ1) is 21.4. The number of aromatic amines is 1. The molecule has 0 unspecified atom stereocenters. The van der Waals surface area contributed by atoms with Gasteiger partial charge in [0.25, 0.3) is 11.5 Å². The lowest BCUT2D eigenvalue weighted by molar-refractivity contribution is 0.0717. The Kier molecular flexibility index (Phi) is 5.56. The minimum absolute atomic E-state index is 0.0355. The van der Waals surface area contributed by atoms with Crippen LogP contribution in [-0.2, 0) is 6.54 Å². The summed E-state index contributed by atoms with van der Waals surface area (Å²) in [6, 6.07) is 7.72. The van der Waals surface area contributed by atoms with Gasteiger partial charge in [-0.3, -0.25) is 9.59 Å². The quantitative estimate of drug-likeness (QED) is 0.491. The Morgan fingerprint density at radius 2 is 1.91 bits per heavy atom. The lowest BCUT2D eigenvalue weighted by Crippen LogP contribution is -2.32. The summed E-state index contributed by atoms with van der Waals surface area (Å²) in [5.74, 6) is 0.255. The van der Waals surface area contributed by atoms with Crippen LogP contribution in [-0.4, -0.2) is 41.5 Å². The molecule has 0 radical (unpaired) electrons. The van der Waals surface area contributed by atoms with Crippen molar-refractivity contribution in [1.82, 2.24) is 14.9 Å². The van der Waals surface area contributed by atoms with Crippen molar-refractivity contribution in [3.63, 3.8) is 0 Å². The first-order chi connectivity index (χ1) is 15.4. The van der Waals surface area contributed by atoms with Crippen LogP contribution >= 0.6 is 0 Å². The zero-order valence-corrected chi connectivity index (χ0v) is 18.1. The molecule has 4 rings (SSSR count). The summed E-state index contributed by atoms with van der Waals surface area (Å²) < 4.78 is 30.2. The van der Waals surface area contributed by atoms with Gasteiger partial charge in [-0.15, -0.1) is 0 Å². The third-order valence-electron chi connectivity index (χ3n) is 5.38. The molecule has 0 aliphatic rings. The lowest BCUT2D eigenvalue weighted by Gasteiger charge is -2.19. The summed E-state index contributed by atoms with van der Waals surface area (Å²) in [5, 5.41) is 0.882. The summed E-state index contributed by atoms with van der Waals surface area (Å²) in [6.45, 7) is 3.87. The molecule has 0 saturated heterocycles. The van der Waals surface area contributed by atoms with E-state index in [-0.39, 0.29) is 23.4 Å². The largest absolute Gasteiger partial charge is 0.493 e. The molecule has 8 nitrogen and oxygen atoms in total. The number of H-pyrrole nitrogens is 1. The van der Waals surface area contributed by atoms with Crippen molar-refractivity contribution in [3.8, 4) is 11.5 Å². The monoisotopic (exact) mass is 439 g/mol. The maximum Gasteiger partial charge on any atom is 0.290 e. The number of para-hydroxylation sites is 1. The van der Waals surface area contributed by atoms with Crippen molar-refractivity contribution in [2.75, 3.05) is 20.8 Å². The Balaban J connectivity index is 1.71. The summed E-state index contributed by atoms with van der Waals surface area (Å²) in [5.41, 5.74) is 0.644. The number of fused-ring (bicyclic) bond motifs is 2. The Hall–Kier alpha value is -3.88. The maximum atomic E-state index is 14.1. The Morgan fingerprint density at radius 1 is 1.19 bits per heavy atom. The highest BCUT2D eigenvalue weighted by atomic mass is 19.1. The van der Waals surface area contributed by atoms with E-state index >= 15 is 0 Å². The molecule has 1 amide bonds. The second kappa shape index (κ2) is 8.33. The summed E-state index contributed by atoms with van der Waals surface area (Å²) in [6.07, 6.45) is 0. The first-order valence-electron chi connectivity index (χ1n) is 9.99. The fraction of sp³-hybridized carbons (Fsp3) is 0.261. The van der Waals surface area contributed by atoms with Crippen molar-refractivity contribution >= 4 is 27.8 Å². The number of carbonyl (C=O) groups excluding carboxylic acids is 1. The average Bonchev–Trinajstić information content (AvgIpc) is 3.14. The number of methoxy groups -OCH3 is 2. The van der Waals surface area contributed by atoms with Crippen LogP contribution in [0, 0.1) is 12.7 Å². The molecule has 0 aliphatic carbocycles. The number of rotatable bonds is 6. The van der Waals surface area contributed by atoms with Crippen LogP contribution in [0.2, 0.25) is 0 Å². The molecule has 0 spiro atoms. The summed E-state index contributed by atoms with van der Waals surface area (Å²) in [7, 11) is 2.98. The molecule has 9 heteroatoms. The van der Waals surface area contributed by atoms with E-state index in [1.54, 1.807) is 38.1 Å². The van der Waals surface area contributed by atoms with Gasteiger partial charge in [0.05, 0.1) is 31.7 Å². The number of nitrogens with one attached hydrogen (secondary N) is 1. The number of benzene rings is 2. The molecule has 32 heavy (non-hydrogen) atoms. The number of halogens is 1. The molecule has 2 aromatic heterocycles. The highest BCUT2D eigenvalue weighted by Crippen LogP contribution is 2.30. The molecule has 0 bridgehead atoms. The van der Waals surface area contributed by atoms with Crippen molar-refractivity contribution in [1.29, 1.82) is 0 Å². The molecule has 2 aromatic carbocycles. The van der Waals surface area contributed by atoms with Gasteiger partial charge in [-0.25, -0.2) is 9.37 Å². The standard InChI is InChI=1S/C23H22FN3O5/c1-5-27(23(29)20-12(2)13-7-6-8-15(24)21(13)32-20)11-19-25-16-10-18(31-4)17(30-3)9-14(16)22(28)26-19/h6-10H,5,11H2,1-4H3,(H,25,26,28). The van der Waals surface area contributed by atoms with Gasteiger partial charge in [-0.05, 0) is 26.0 Å². The average molecular weight is 439 g/mol. The summed E-state index contributed by atoms with van der Waals surface area (Å²) >= 11 is 0. The number of amides is 1. The van der Waals surface area contributed by atoms with Crippen molar-refractivity contribution in [2.24, 2.45) is 0 Å². The summed E-state index contributed by atoms with van der Waals surface area (Å²) in [4.78, 5) is 34.5. The van der Waals surface area contributed by atoms with E-state index in [4.69, 9.17) is 13.9 Å². The van der Waals surface area contributed by atoms with Crippen molar-refractivity contribution in [3.05, 3.63) is 63.7 Å². The number of carbonyl (C=O) groups is 1. The molecule has 0 atom stereocenters. The van der Waals surface area contributed by atoms with Crippen LogP contribution in [0.15, 0.2) is 39.5 Å². The number of hydrogen-bond acceptors (Lipinski definition) is 6. The van der Waals surface area contributed by atoms with Crippen LogP contribution in [0.4, 0.5) is 4.39 Å². The third-order valence-corrected chi connectivity index (χ3v) is 5.38. The number of furan rings is 1. The fourth-order valence-corrected chi connectivity index (χ4v) is 3.65. The van der Waals surface area contributed by atoms with E-state index in [2.05, 4.69) is 9.97 Å². The van der Waals surface area contributed by atoms with Gasteiger partial charge in [-0.2, -0.15) is 0 Å². The second-order valence-corrected chi connectivity index (χ2v) is 7.23. The lowest BCUT2D eigenvalue weighted by atomic mass is 10.1. The molecule has 0 saturated carbocycles. The Morgan fingerprint density at radius 3 is 2.56 bits per heavy atom. The number of aromatic nitrogens is 2. The normalized spacial score (nSPS) is 11.2. The predicted molar refractivity (Wildman–Crippen MR) is 117 cm³/mol. The van der Waals surface area contributed by atoms with E-state index in [1.165, 1.54) is 25.2 Å². The molecule has 0 aliphatic heterocycles. The molecule has 1 N–H and O–H groups in total. The number of aryl methyl sites for hydroxylation is 1. The minimum atomic E-state index is -0.530. The molecular formula is C23H22FN3O5. The topological polar surface area (TPSA) is 97.7 Å². The SMILES string of the molecule is CCN(Cc1nc2cc(OC)c(OC)cc2c(=O)[nH]1)C(=O)c1oc2c(F)cccc2c1C. The maximum absolute atomic E-state index is 14.1. The zero-order valence-electron chi connectivity index (χ0n) is 18.1. The van der Waals surface area contributed by atoms with Gasteiger partial charge in [0, 0.05) is 23.6 Å². The number of nitrogens with zero attached hydrogens (tertiary/aromatic N) is 2. The van der Waals surface area contributed by atoms with E-state index in [0.717, 1.165) is 0 Å². The van der Waals surface area contributed by atoms with E-state index < -0.39 is 11.7 Å². The molecule has 166 valence electrons. The molecular weight excluding hydrogens is 417 g/mol. The number of ether oxygens (including phenoxy) is 2. The van der Waals surface area contributed by atoms with Gasteiger partial charge < -0.3 is 23.8 Å². The highest BCUT2D eigenvalue weighted by Gasteiger charge is 2.24. The molecule has 4 aromatic rings. The van der Waals surface area contributed by atoms with Crippen LogP contribution in [0.3, 0.4) is 0 Å². The molecule has 0 fully saturated rings. The smallest absolute Gasteiger partial charge is 0.290 e. The van der Waals surface area contributed by atoms with Gasteiger partial charge in [-0.1, -0.05) is 12.1 Å². The van der Waals surface area contributed by atoms with E-state index in [0.29, 0.717) is 45.7 Å². The first-order valence-corrected chi connectivity index (χ1v) is 9.99. The van der Waals surface area contributed by atoms with Gasteiger partial charge in [0.15, 0.2) is 28.7 Å². The van der Waals surface area contributed by atoms with E-state index in [1.807, 2.05) is 0 Å². The van der Waals surface area contributed by atoms with Crippen LogP contribution < -0.4 is 15.0 Å². The Labute approximate surface area is 182 Å². The van der Waals surface area contributed by atoms with Gasteiger partial charge in [0.1, 0.15) is 5.82 Å². The fourth-order valence-electron chi connectivity index (χ4n) is 3.65. The zero-order chi connectivity index (χ0) is 23.0. The van der Waals surface area contributed by atoms with Crippen molar-refractivity contribution < 1.29 is 23.1 Å². The van der Waals surface area contributed by atoms with Crippen LogP contribution in [0.5, 0.6) is 11.5 Å². The second-order valence-electron chi connectivity index (χ2n) is 7.23. The third kappa shape index (κ3) is 3.55. The van der Waals surface area contributed by atoms with Crippen LogP contribution in [0.25, 0.3) is 21.9 Å². The number of hydrogen-bond donors (Lipinski definition) is 1. The van der Waals surface area contributed by atoms with Crippen molar-refractivity contribution in [2.45, 2.75) is 20.4 Å². The minimum Gasteiger partial charge on any atom is -0.493 e. The predicted octanol–water partition coefficient (Wildman–Crippen LogP) is 3.80. The van der Waals surface area contributed by atoms with Gasteiger partial charge in [0.2, 0.25) is 0 Å². The highest BCUT2D eigenvalue weighted by molar-refractivity contribution is 5.99.